The SMILES string of the molecule is CON=C(C(=O)NC1C(=O)N2C(C(=O)O)=C(COC(=O)c3ccc([N+](=O)[O-])cc3)CS[C@H]12)c1csc(NC(=O)C(F)(F)F)n1. The fourth-order valence-electron chi connectivity index (χ4n) is 3.86. The predicted octanol–water partition coefficient (Wildman–Crippen LogP) is 1.50. The van der Waals surface area contributed by atoms with E-state index in [1.54, 1.807) is 0 Å². The van der Waals surface area contributed by atoms with E-state index in [1.807, 2.05) is 0 Å². The van der Waals surface area contributed by atoms with E-state index in [0.717, 1.165) is 53.4 Å². The van der Waals surface area contributed by atoms with Gasteiger partial charge in [0.15, 0.2) is 10.8 Å². The average molecular weight is 659 g/mol. The van der Waals surface area contributed by atoms with Gasteiger partial charge in [0.1, 0.15) is 36.5 Å². The van der Waals surface area contributed by atoms with Gasteiger partial charge < -0.3 is 20.0 Å². The molecule has 0 radical (unpaired) electrons. The summed E-state index contributed by atoms with van der Waals surface area (Å²) in [6.45, 7) is -0.514. The number of thioether (sulfide) groups is 1. The molecule has 44 heavy (non-hydrogen) atoms. The molecule has 16 nitrogen and oxygen atoms in total. The van der Waals surface area contributed by atoms with Crippen LogP contribution in [0.3, 0.4) is 0 Å². The maximum Gasteiger partial charge on any atom is 0.471 e. The van der Waals surface area contributed by atoms with Crippen LogP contribution in [0.25, 0.3) is 0 Å². The Morgan fingerprint density at radius 1 is 1.25 bits per heavy atom. The number of carboxylic acid groups (broad SMARTS) is 1. The monoisotopic (exact) mass is 658 g/mol. The number of nitrogens with zero attached hydrogens (tertiary/aromatic N) is 4. The Bertz CT molecular complexity index is 1610. The molecule has 2 atom stereocenters. The molecule has 0 aliphatic carbocycles. The van der Waals surface area contributed by atoms with Gasteiger partial charge in [0, 0.05) is 28.8 Å². The molecular weight excluding hydrogens is 641 g/mol. The van der Waals surface area contributed by atoms with Gasteiger partial charge in [-0.25, -0.2) is 14.6 Å². The summed E-state index contributed by atoms with van der Waals surface area (Å²) in [7, 11) is 1.07. The Kier molecular flexibility index (Phi) is 9.18. The summed E-state index contributed by atoms with van der Waals surface area (Å²) in [5, 5.41) is 27.7. The summed E-state index contributed by atoms with van der Waals surface area (Å²) in [6.07, 6.45) is -5.18. The Balaban J connectivity index is 1.44. The van der Waals surface area contributed by atoms with Crippen LogP contribution in [0, 0.1) is 10.1 Å². The molecule has 0 bridgehead atoms. The highest BCUT2D eigenvalue weighted by molar-refractivity contribution is 8.00. The number of rotatable bonds is 10. The number of nitro groups is 1. The molecule has 4 rings (SSSR count). The van der Waals surface area contributed by atoms with E-state index < -0.39 is 75.3 Å². The number of aliphatic carboxylic acids is 1. The average Bonchev–Trinajstić information content (AvgIpc) is 3.43. The molecule has 1 saturated heterocycles. The number of esters is 1. The van der Waals surface area contributed by atoms with E-state index in [0.29, 0.717) is 11.3 Å². The predicted molar refractivity (Wildman–Crippen MR) is 143 cm³/mol. The maximum atomic E-state index is 13.0. The third-order valence-electron chi connectivity index (χ3n) is 5.85. The lowest BCUT2D eigenvalue weighted by atomic mass is 10.0. The first kappa shape index (κ1) is 31.9. The molecule has 1 unspecified atom stereocenters. The van der Waals surface area contributed by atoms with Crippen LogP contribution in [0.2, 0.25) is 0 Å². The van der Waals surface area contributed by atoms with Crippen molar-refractivity contribution in [2.75, 3.05) is 24.8 Å². The number of hydrogen-bond acceptors (Lipinski definition) is 13. The Morgan fingerprint density at radius 2 is 1.93 bits per heavy atom. The number of fused-ring (bicyclic) bond motifs is 1. The Hall–Kier alpha value is -5.05. The molecule has 3 amide bonds. The molecule has 2 aliphatic rings. The fraction of sp³-hybridized carbons (Fsp3) is 0.261. The van der Waals surface area contributed by atoms with Crippen molar-refractivity contribution in [3.8, 4) is 0 Å². The number of thiazole rings is 1. The molecule has 2 aromatic rings. The molecule has 21 heteroatoms. The van der Waals surface area contributed by atoms with Crippen molar-refractivity contribution in [1.29, 1.82) is 0 Å². The third kappa shape index (κ3) is 6.62. The summed E-state index contributed by atoms with van der Waals surface area (Å²) in [5.41, 5.74) is -1.50. The molecule has 1 fully saturated rings. The Labute approximate surface area is 251 Å². The lowest BCUT2D eigenvalue weighted by molar-refractivity contribution is -0.384. The van der Waals surface area contributed by atoms with Crippen LogP contribution < -0.4 is 10.6 Å². The van der Waals surface area contributed by atoms with E-state index in [2.05, 4.69) is 20.3 Å². The second-order valence-electron chi connectivity index (χ2n) is 8.61. The highest BCUT2D eigenvalue weighted by Crippen LogP contribution is 2.40. The summed E-state index contributed by atoms with van der Waals surface area (Å²) in [4.78, 5) is 80.9. The number of ether oxygens (including phenoxy) is 1. The van der Waals surface area contributed by atoms with Gasteiger partial charge in [0.2, 0.25) is 0 Å². The first-order chi connectivity index (χ1) is 20.7. The number of hydrogen-bond donors (Lipinski definition) is 3. The van der Waals surface area contributed by atoms with E-state index in [1.165, 1.54) is 5.32 Å². The number of carbonyl (C=O) groups excluding carboxylic acids is 4. The van der Waals surface area contributed by atoms with Crippen LogP contribution in [-0.4, -0.2) is 92.3 Å². The van der Waals surface area contributed by atoms with Crippen molar-refractivity contribution in [3.05, 3.63) is 62.3 Å². The van der Waals surface area contributed by atoms with Gasteiger partial charge in [-0.2, -0.15) is 13.2 Å². The van der Waals surface area contributed by atoms with Crippen LogP contribution in [-0.2, 0) is 28.8 Å². The number of carbonyl (C=O) groups is 5. The summed E-state index contributed by atoms with van der Waals surface area (Å²) < 4.78 is 42.8. The van der Waals surface area contributed by atoms with Gasteiger partial charge in [-0.15, -0.1) is 23.1 Å². The minimum Gasteiger partial charge on any atom is -0.477 e. The quantitative estimate of drug-likeness (QED) is 0.109. The molecule has 1 aromatic heterocycles. The number of aromatic nitrogens is 1. The minimum absolute atomic E-state index is 0.0244. The van der Waals surface area contributed by atoms with Crippen LogP contribution in [0.1, 0.15) is 16.1 Å². The smallest absolute Gasteiger partial charge is 0.471 e. The number of non-ortho nitro benzene ring substituents is 1. The largest absolute Gasteiger partial charge is 0.477 e. The van der Waals surface area contributed by atoms with Crippen LogP contribution >= 0.6 is 23.1 Å². The van der Waals surface area contributed by atoms with Crippen molar-refractivity contribution in [2.45, 2.75) is 17.6 Å². The number of nitrogens with one attached hydrogen (secondary N) is 2. The van der Waals surface area contributed by atoms with Crippen LogP contribution in [0.4, 0.5) is 24.0 Å². The van der Waals surface area contributed by atoms with Gasteiger partial charge >= 0.3 is 24.0 Å². The van der Waals surface area contributed by atoms with Gasteiger partial charge in [-0.3, -0.25) is 34.7 Å². The molecule has 1 aromatic carbocycles. The Morgan fingerprint density at radius 3 is 2.52 bits per heavy atom. The zero-order chi connectivity index (χ0) is 32.3. The number of oxime groups is 1. The number of carboxylic acids is 1. The number of nitro benzene ring substituents is 1. The van der Waals surface area contributed by atoms with Crippen molar-refractivity contribution < 1.29 is 56.7 Å². The van der Waals surface area contributed by atoms with Gasteiger partial charge in [0.05, 0.1) is 10.5 Å². The lowest BCUT2D eigenvalue weighted by Crippen LogP contribution is -2.71. The topological polar surface area (TPSA) is 220 Å². The van der Waals surface area contributed by atoms with Crippen LogP contribution in [0.5, 0.6) is 0 Å². The lowest BCUT2D eigenvalue weighted by Gasteiger charge is -2.49. The number of halogens is 3. The van der Waals surface area contributed by atoms with Crippen molar-refractivity contribution in [2.24, 2.45) is 5.16 Å². The minimum atomic E-state index is -5.18. The molecule has 3 N–H and O–H groups in total. The zero-order valence-electron chi connectivity index (χ0n) is 21.8. The summed E-state index contributed by atoms with van der Waals surface area (Å²) in [6, 6.07) is 3.26. The van der Waals surface area contributed by atoms with Gasteiger partial charge in [-0.1, -0.05) is 5.16 Å². The fourth-order valence-corrected chi connectivity index (χ4v) is 5.88. The van der Waals surface area contributed by atoms with Crippen molar-refractivity contribution in [1.82, 2.24) is 15.2 Å². The molecule has 3 heterocycles. The van der Waals surface area contributed by atoms with Crippen molar-refractivity contribution in [3.63, 3.8) is 0 Å². The first-order valence-corrected chi connectivity index (χ1v) is 13.7. The standard InChI is InChI=1S/C23H17F3N6O10S2/c1-41-30-13(12-8-44-22(27-12)29-21(38)23(24,25)26)16(33)28-14-17(34)31-15(19(35)36)10(7-43-18(14)31)6-42-20(37)9-2-4-11(5-3-9)32(39)40/h2-5,8,14,18H,6-7H2,1H3,(H,28,33)(H,35,36)(H,27,29,38)/t14?,18-/m1/s1. The summed E-state index contributed by atoms with van der Waals surface area (Å²) >= 11 is 1.61. The summed E-state index contributed by atoms with van der Waals surface area (Å²) in [5.74, 6) is -6.58. The van der Waals surface area contributed by atoms with Crippen molar-refractivity contribution >= 4 is 69.3 Å². The number of amides is 3. The van der Waals surface area contributed by atoms with Gasteiger partial charge in [-0.05, 0) is 12.1 Å². The van der Waals surface area contributed by atoms with Crippen LogP contribution in [0.15, 0.2) is 46.1 Å². The third-order valence-corrected chi connectivity index (χ3v) is 7.95. The number of benzene rings is 1. The second-order valence-corrected chi connectivity index (χ2v) is 10.6. The number of alkyl halides is 3. The highest BCUT2D eigenvalue weighted by atomic mass is 32.2. The zero-order valence-corrected chi connectivity index (χ0v) is 23.4. The normalized spacial score (nSPS) is 18.1. The number of β-lactam (4-membered cyclic amide) rings is 1. The molecular formula is C23H17F3N6O10S2. The van der Waals surface area contributed by atoms with E-state index >= 15 is 0 Å². The molecule has 0 spiro atoms. The van der Waals surface area contributed by atoms with Gasteiger partial charge in [0.25, 0.3) is 17.5 Å². The molecule has 232 valence electrons. The highest BCUT2D eigenvalue weighted by Gasteiger charge is 2.54. The second kappa shape index (κ2) is 12.7. The first-order valence-electron chi connectivity index (χ1n) is 11.8. The van der Waals surface area contributed by atoms with E-state index in [4.69, 9.17) is 4.74 Å². The number of anilines is 1. The maximum absolute atomic E-state index is 13.0. The van der Waals surface area contributed by atoms with E-state index in [9.17, 15) is 52.4 Å². The molecule has 2 aliphatic heterocycles. The van der Waals surface area contributed by atoms with E-state index in [-0.39, 0.29) is 28.3 Å². The molecule has 0 saturated carbocycles.